The van der Waals surface area contributed by atoms with Crippen LogP contribution < -0.4 is 4.74 Å². The summed E-state index contributed by atoms with van der Waals surface area (Å²) in [5.74, 6) is 0.919. The van der Waals surface area contributed by atoms with E-state index in [1.165, 1.54) is 25.5 Å². The number of halogens is 1. The van der Waals surface area contributed by atoms with Crippen LogP contribution in [0.4, 0.5) is 0 Å². The molecule has 1 nitrogen and oxygen atoms in total. The summed E-state index contributed by atoms with van der Waals surface area (Å²) < 4.78 is 6.79. The molecule has 0 fully saturated rings. The molecule has 3 aromatic carbocycles. The van der Waals surface area contributed by atoms with Crippen LogP contribution in [-0.2, 0) is 0 Å². The highest BCUT2D eigenvalue weighted by molar-refractivity contribution is 14.1. The summed E-state index contributed by atoms with van der Waals surface area (Å²) in [6.45, 7) is 0. The Hall–Kier alpha value is -1.55. The van der Waals surface area contributed by atoms with E-state index in [1.807, 2.05) is 6.07 Å². The molecular weight excluding hydrogens is 347 g/mol. The fourth-order valence-electron chi connectivity index (χ4n) is 2.36. The van der Waals surface area contributed by atoms with Gasteiger partial charge in [0.2, 0.25) is 0 Å². The zero-order valence-corrected chi connectivity index (χ0v) is 12.7. The van der Waals surface area contributed by atoms with Gasteiger partial charge < -0.3 is 4.74 Å². The minimum absolute atomic E-state index is 0.919. The van der Waals surface area contributed by atoms with Gasteiger partial charge in [-0.3, -0.25) is 0 Å². The maximum atomic E-state index is 5.56. The van der Waals surface area contributed by atoms with E-state index in [0.717, 1.165) is 5.75 Å². The number of hydrogen-bond acceptors (Lipinski definition) is 1. The van der Waals surface area contributed by atoms with Gasteiger partial charge >= 0.3 is 0 Å². The lowest BCUT2D eigenvalue weighted by molar-refractivity contribution is 0.417. The van der Waals surface area contributed by atoms with Crippen molar-refractivity contribution in [2.45, 2.75) is 0 Å². The first-order chi connectivity index (χ1) is 9.31. The average Bonchev–Trinajstić information content (AvgIpc) is 2.47. The van der Waals surface area contributed by atoms with E-state index in [9.17, 15) is 0 Å². The van der Waals surface area contributed by atoms with Crippen molar-refractivity contribution in [1.82, 2.24) is 0 Å². The molecule has 2 heteroatoms. The minimum Gasteiger partial charge on any atom is -0.496 e. The molecule has 0 saturated heterocycles. The standard InChI is InChI=1S/C17H13IO/c1-19-16-11-10-12-6-2-3-7-13(12)17(16)14-8-4-5-9-15(14)18/h2-11H,1H3. The van der Waals surface area contributed by atoms with Crippen LogP contribution in [0, 0.1) is 3.57 Å². The molecule has 0 aliphatic rings. The van der Waals surface area contributed by atoms with Gasteiger partial charge in [0.25, 0.3) is 0 Å². The van der Waals surface area contributed by atoms with Gasteiger partial charge in [-0.15, -0.1) is 0 Å². The van der Waals surface area contributed by atoms with Crippen LogP contribution in [0.25, 0.3) is 21.9 Å². The molecular formula is C17H13IO. The van der Waals surface area contributed by atoms with Gasteiger partial charge in [0, 0.05) is 9.13 Å². The summed E-state index contributed by atoms with van der Waals surface area (Å²) in [7, 11) is 1.73. The fraction of sp³-hybridized carbons (Fsp3) is 0.0588. The molecule has 0 aliphatic carbocycles. The van der Waals surface area contributed by atoms with Crippen molar-refractivity contribution in [1.29, 1.82) is 0 Å². The number of methoxy groups -OCH3 is 1. The molecule has 0 radical (unpaired) electrons. The van der Waals surface area contributed by atoms with Crippen LogP contribution in [0.2, 0.25) is 0 Å². The van der Waals surface area contributed by atoms with Gasteiger partial charge in [-0.1, -0.05) is 48.5 Å². The maximum Gasteiger partial charge on any atom is 0.127 e. The van der Waals surface area contributed by atoms with Crippen molar-refractivity contribution in [3.8, 4) is 16.9 Å². The molecule has 19 heavy (non-hydrogen) atoms. The smallest absolute Gasteiger partial charge is 0.127 e. The van der Waals surface area contributed by atoms with Crippen molar-refractivity contribution in [3.63, 3.8) is 0 Å². The predicted molar refractivity (Wildman–Crippen MR) is 88.7 cm³/mol. The maximum absolute atomic E-state index is 5.56. The molecule has 0 spiro atoms. The van der Waals surface area contributed by atoms with Crippen LogP contribution in [0.15, 0.2) is 60.7 Å². The largest absolute Gasteiger partial charge is 0.496 e. The summed E-state index contributed by atoms with van der Waals surface area (Å²) in [5, 5.41) is 2.46. The average molecular weight is 360 g/mol. The van der Waals surface area contributed by atoms with Crippen molar-refractivity contribution in [3.05, 3.63) is 64.2 Å². The Morgan fingerprint density at radius 2 is 1.58 bits per heavy atom. The minimum atomic E-state index is 0.919. The third-order valence-corrected chi connectivity index (χ3v) is 4.19. The van der Waals surface area contributed by atoms with Gasteiger partial charge in [0.05, 0.1) is 7.11 Å². The van der Waals surface area contributed by atoms with E-state index in [2.05, 4.69) is 77.2 Å². The number of benzene rings is 3. The SMILES string of the molecule is COc1ccc2ccccc2c1-c1ccccc1I. The molecule has 0 heterocycles. The first kappa shape index (κ1) is 12.5. The van der Waals surface area contributed by atoms with Crippen molar-refractivity contribution >= 4 is 33.4 Å². The number of fused-ring (bicyclic) bond motifs is 1. The van der Waals surface area contributed by atoms with Crippen LogP contribution in [-0.4, -0.2) is 7.11 Å². The molecule has 3 rings (SSSR count). The van der Waals surface area contributed by atoms with Crippen LogP contribution >= 0.6 is 22.6 Å². The second-order valence-corrected chi connectivity index (χ2v) is 5.51. The molecule has 0 bridgehead atoms. The Labute approximate surface area is 126 Å². The normalized spacial score (nSPS) is 10.6. The fourth-order valence-corrected chi connectivity index (χ4v) is 3.02. The van der Waals surface area contributed by atoms with E-state index in [0.29, 0.717) is 0 Å². The lowest BCUT2D eigenvalue weighted by Crippen LogP contribution is -1.91. The van der Waals surface area contributed by atoms with Crippen molar-refractivity contribution in [2.24, 2.45) is 0 Å². The molecule has 0 amide bonds. The summed E-state index contributed by atoms with van der Waals surface area (Å²) >= 11 is 2.37. The lowest BCUT2D eigenvalue weighted by atomic mass is 9.97. The Kier molecular flexibility index (Phi) is 3.42. The van der Waals surface area contributed by atoms with Crippen LogP contribution in [0.5, 0.6) is 5.75 Å². The number of ether oxygens (including phenoxy) is 1. The van der Waals surface area contributed by atoms with Crippen LogP contribution in [0.3, 0.4) is 0 Å². The van der Waals surface area contributed by atoms with E-state index in [-0.39, 0.29) is 0 Å². The topological polar surface area (TPSA) is 9.23 Å². The van der Waals surface area contributed by atoms with E-state index in [4.69, 9.17) is 4.74 Å². The quantitative estimate of drug-likeness (QED) is 0.577. The summed E-state index contributed by atoms with van der Waals surface area (Å²) in [5.41, 5.74) is 2.39. The van der Waals surface area contributed by atoms with Crippen molar-refractivity contribution in [2.75, 3.05) is 7.11 Å². The third kappa shape index (κ3) is 2.21. The monoisotopic (exact) mass is 360 g/mol. The highest BCUT2D eigenvalue weighted by atomic mass is 127. The zero-order valence-electron chi connectivity index (χ0n) is 10.6. The molecule has 0 unspecified atom stereocenters. The first-order valence-electron chi connectivity index (χ1n) is 6.12. The highest BCUT2D eigenvalue weighted by Gasteiger charge is 2.12. The Balaban J connectivity index is 2.41. The molecule has 0 aromatic heterocycles. The van der Waals surface area contributed by atoms with Gasteiger partial charge in [0.1, 0.15) is 5.75 Å². The van der Waals surface area contributed by atoms with Gasteiger partial charge in [0.15, 0.2) is 0 Å². The predicted octanol–water partition coefficient (Wildman–Crippen LogP) is 5.12. The van der Waals surface area contributed by atoms with E-state index >= 15 is 0 Å². The Morgan fingerprint density at radius 3 is 2.37 bits per heavy atom. The van der Waals surface area contributed by atoms with E-state index in [1.54, 1.807) is 7.11 Å². The second kappa shape index (κ2) is 5.21. The van der Waals surface area contributed by atoms with Gasteiger partial charge in [-0.05, 0) is 51.1 Å². The lowest BCUT2D eigenvalue weighted by Gasteiger charge is -2.13. The second-order valence-electron chi connectivity index (χ2n) is 4.34. The highest BCUT2D eigenvalue weighted by Crippen LogP contribution is 2.38. The molecule has 3 aromatic rings. The van der Waals surface area contributed by atoms with Gasteiger partial charge in [-0.2, -0.15) is 0 Å². The molecule has 0 atom stereocenters. The Morgan fingerprint density at radius 1 is 0.842 bits per heavy atom. The van der Waals surface area contributed by atoms with Gasteiger partial charge in [-0.25, -0.2) is 0 Å². The summed E-state index contributed by atoms with van der Waals surface area (Å²) in [6.07, 6.45) is 0. The molecule has 94 valence electrons. The summed E-state index contributed by atoms with van der Waals surface area (Å²) in [6, 6.07) is 21.0. The molecule has 0 aliphatic heterocycles. The third-order valence-electron chi connectivity index (χ3n) is 3.25. The number of rotatable bonds is 2. The summed E-state index contributed by atoms with van der Waals surface area (Å²) in [4.78, 5) is 0. The first-order valence-corrected chi connectivity index (χ1v) is 7.20. The number of hydrogen-bond donors (Lipinski definition) is 0. The van der Waals surface area contributed by atoms with Crippen molar-refractivity contribution < 1.29 is 4.74 Å². The van der Waals surface area contributed by atoms with Crippen LogP contribution in [0.1, 0.15) is 0 Å². The van der Waals surface area contributed by atoms with E-state index < -0.39 is 0 Å². The molecule has 0 saturated carbocycles. The zero-order chi connectivity index (χ0) is 13.2. The molecule has 0 N–H and O–H groups in total. The Bertz CT molecular complexity index is 734.